The van der Waals surface area contributed by atoms with Gasteiger partial charge in [-0.3, -0.25) is 9.59 Å². The summed E-state index contributed by atoms with van der Waals surface area (Å²) in [6, 6.07) is 15.6. The Bertz CT molecular complexity index is 1360. The fraction of sp³-hybridized carbons (Fsp3) is 0.120. The van der Waals surface area contributed by atoms with Gasteiger partial charge in [-0.15, -0.1) is 0 Å². The van der Waals surface area contributed by atoms with Gasteiger partial charge >= 0.3 is 6.18 Å². The average Bonchev–Trinajstić information content (AvgIpc) is 3.21. The number of para-hydroxylation sites is 1. The summed E-state index contributed by atoms with van der Waals surface area (Å²) in [7, 11) is 0. The van der Waals surface area contributed by atoms with Crippen LogP contribution in [-0.2, 0) is 17.4 Å². The lowest BCUT2D eigenvalue weighted by atomic mass is 10.1. The van der Waals surface area contributed by atoms with Gasteiger partial charge in [-0.1, -0.05) is 30.3 Å². The van der Waals surface area contributed by atoms with Crippen LogP contribution in [0.15, 0.2) is 72.9 Å². The number of anilines is 2. The molecule has 0 aliphatic heterocycles. The highest BCUT2D eigenvalue weighted by Gasteiger charge is 2.34. The van der Waals surface area contributed by atoms with Crippen molar-refractivity contribution in [2.24, 2.45) is 0 Å². The lowest BCUT2D eigenvalue weighted by Crippen LogP contribution is -2.18. The summed E-state index contributed by atoms with van der Waals surface area (Å²) >= 11 is 0. The standard InChI is InChI=1S/C25H19F4N3O2/c26-20-7-3-1-6-18(20)24(34)31-16-10-11-22(19(13-16)25(27,28)29)32-23(33)12-9-15-14-30-21-8-4-2-5-17(15)21/h1-8,10-11,13-14,30H,9,12H2,(H,31,34)(H,32,33). The zero-order chi connectivity index (χ0) is 24.3. The summed E-state index contributed by atoms with van der Waals surface area (Å²) in [6.07, 6.45) is -2.71. The number of aryl methyl sites for hydroxylation is 1. The molecule has 0 bridgehead atoms. The number of nitrogens with one attached hydrogen (secondary N) is 3. The van der Waals surface area contributed by atoms with Crippen LogP contribution in [-0.4, -0.2) is 16.8 Å². The van der Waals surface area contributed by atoms with Crippen LogP contribution in [0.2, 0.25) is 0 Å². The fourth-order valence-corrected chi connectivity index (χ4v) is 3.61. The van der Waals surface area contributed by atoms with E-state index in [1.165, 1.54) is 24.3 Å². The largest absolute Gasteiger partial charge is 0.418 e. The molecule has 1 aromatic heterocycles. The molecule has 4 aromatic rings. The van der Waals surface area contributed by atoms with Crippen molar-refractivity contribution >= 4 is 34.1 Å². The van der Waals surface area contributed by atoms with Gasteiger partial charge < -0.3 is 15.6 Å². The molecule has 3 aromatic carbocycles. The number of H-pyrrole nitrogens is 1. The van der Waals surface area contributed by atoms with Gasteiger partial charge in [0.2, 0.25) is 5.91 Å². The lowest BCUT2D eigenvalue weighted by molar-refractivity contribution is -0.136. The van der Waals surface area contributed by atoms with E-state index in [0.717, 1.165) is 28.6 Å². The van der Waals surface area contributed by atoms with E-state index in [9.17, 15) is 27.2 Å². The van der Waals surface area contributed by atoms with Crippen molar-refractivity contribution in [3.05, 3.63) is 95.4 Å². The minimum absolute atomic E-state index is 0.0229. The maximum absolute atomic E-state index is 13.8. The highest BCUT2D eigenvalue weighted by Crippen LogP contribution is 2.37. The molecule has 0 atom stereocenters. The second kappa shape index (κ2) is 9.38. The molecule has 0 spiro atoms. The highest BCUT2D eigenvalue weighted by atomic mass is 19.4. The first kappa shape index (κ1) is 23.0. The minimum atomic E-state index is -4.79. The Hall–Kier alpha value is -4.14. The SMILES string of the molecule is O=C(CCc1c[nH]c2ccccc12)Nc1ccc(NC(=O)c2ccccc2F)cc1C(F)(F)F. The van der Waals surface area contributed by atoms with Crippen LogP contribution in [0.3, 0.4) is 0 Å². The smallest absolute Gasteiger partial charge is 0.361 e. The number of aromatic amines is 1. The van der Waals surface area contributed by atoms with Crippen molar-refractivity contribution < 1.29 is 27.2 Å². The van der Waals surface area contributed by atoms with E-state index in [1.807, 2.05) is 24.3 Å². The normalized spacial score (nSPS) is 11.4. The molecule has 9 heteroatoms. The number of rotatable bonds is 6. The first-order chi connectivity index (χ1) is 16.2. The van der Waals surface area contributed by atoms with Crippen molar-refractivity contribution in [2.45, 2.75) is 19.0 Å². The summed E-state index contributed by atoms with van der Waals surface area (Å²) in [6.45, 7) is 0. The first-order valence-electron chi connectivity index (χ1n) is 10.3. The van der Waals surface area contributed by atoms with Crippen molar-refractivity contribution in [1.82, 2.24) is 4.98 Å². The van der Waals surface area contributed by atoms with Gasteiger partial charge in [0.15, 0.2) is 0 Å². The third kappa shape index (κ3) is 5.09. The molecule has 1 heterocycles. The second-order valence-electron chi connectivity index (χ2n) is 7.60. The molecule has 0 aliphatic carbocycles. The Kier molecular flexibility index (Phi) is 6.36. The number of halogens is 4. The maximum Gasteiger partial charge on any atom is 0.418 e. The molecule has 5 nitrogen and oxygen atoms in total. The van der Waals surface area contributed by atoms with Gasteiger partial charge in [0.1, 0.15) is 5.82 Å². The molecule has 34 heavy (non-hydrogen) atoms. The van der Waals surface area contributed by atoms with E-state index in [0.29, 0.717) is 12.5 Å². The number of carbonyl (C=O) groups is 2. The van der Waals surface area contributed by atoms with E-state index in [-0.39, 0.29) is 17.7 Å². The van der Waals surface area contributed by atoms with Crippen LogP contribution in [0.5, 0.6) is 0 Å². The van der Waals surface area contributed by atoms with Gasteiger partial charge in [-0.2, -0.15) is 13.2 Å². The van der Waals surface area contributed by atoms with Crippen molar-refractivity contribution in [2.75, 3.05) is 10.6 Å². The third-order valence-electron chi connectivity index (χ3n) is 5.27. The molecule has 0 saturated heterocycles. The van der Waals surface area contributed by atoms with Crippen LogP contribution in [0, 0.1) is 5.82 Å². The summed E-state index contributed by atoms with van der Waals surface area (Å²) in [5, 5.41) is 5.51. The Morgan fingerprint density at radius 2 is 1.65 bits per heavy atom. The van der Waals surface area contributed by atoms with E-state index in [2.05, 4.69) is 15.6 Å². The minimum Gasteiger partial charge on any atom is -0.361 e. The summed E-state index contributed by atoms with van der Waals surface area (Å²) in [5.74, 6) is -2.27. The van der Waals surface area contributed by atoms with E-state index >= 15 is 0 Å². The second-order valence-corrected chi connectivity index (χ2v) is 7.60. The van der Waals surface area contributed by atoms with Crippen LogP contribution >= 0.6 is 0 Å². The molecular weight excluding hydrogens is 450 g/mol. The number of alkyl halides is 3. The number of aromatic nitrogens is 1. The highest BCUT2D eigenvalue weighted by molar-refractivity contribution is 6.04. The van der Waals surface area contributed by atoms with Crippen LogP contribution in [0.25, 0.3) is 10.9 Å². The molecule has 0 radical (unpaired) electrons. The molecule has 3 N–H and O–H groups in total. The zero-order valence-corrected chi connectivity index (χ0v) is 17.7. The Morgan fingerprint density at radius 3 is 2.41 bits per heavy atom. The number of benzene rings is 3. The van der Waals surface area contributed by atoms with Crippen LogP contribution in [0.1, 0.15) is 27.9 Å². The van der Waals surface area contributed by atoms with E-state index in [4.69, 9.17) is 0 Å². The Morgan fingerprint density at radius 1 is 0.912 bits per heavy atom. The number of fused-ring (bicyclic) bond motifs is 1. The van der Waals surface area contributed by atoms with Crippen molar-refractivity contribution in [1.29, 1.82) is 0 Å². The third-order valence-corrected chi connectivity index (χ3v) is 5.27. The topological polar surface area (TPSA) is 74.0 Å². The number of hydrogen-bond donors (Lipinski definition) is 3. The fourth-order valence-electron chi connectivity index (χ4n) is 3.61. The number of carbonyl (C=O) groups excluding carboxylic acids is 2. The molecule has 174 valence electrons. The van der Waals surface area contributed by atoms with Crippen LogP contribution < -0.4 is 10.6 Å². The van der Waals surface area contributed by atoms with Gasteiger partial charge in [0, 0.05) is 29.2 Å². The van der Waals surface area contributed by atoms with E-state index < -0.39 is 35.1 Å². The molecule has 0 fully saturated rings. The monoisotopic (exact) mass is 469 g/mol. The van der Waals surface area contributed by atoms with Gasteiger partial charge in [-0.05, 0) is 48.4 Å². The Labute approximate surface area is 191 Å². The van der Waals surface area contributed by atoms with Gasteiger partial charge in [-0.25, -0.2) is 4.39 Å². The number of hydrogen-bond acceptors (Lipinski definition) is 2. The zero-order valence-electron chi connectivity index (χ0n) is 17.7. The average molecular weight is 469 g/mol. The molecular formula is C25H19F4N3O2. The van der Waals surface area contributed by atoms with Gasteiger partial charge in [0.25, 0.3) is 5.91 Å². The molecule has 0 saturated carbocycles. The van der Waals surface area contributed by atoms with Gasteiger partial charge in [0.05, 0.1) is 16.8 Å². The molecule has 0 unspecified atom stereocenters. The van der Waals surface area contributed by atoms with Crippen molar-refractivity contribution in [3.63, 3.8) is 0 Å². The molecule has 4 rings (SSSR count). The predicted molar refractivity (Wildman–Crippen MR) is 121 cm³/mol. The summed E-state index contributed by atoms with van der Waals surface area (Å²) in [5.41, 5.74) is -0.249. The predicted octanol–water partition coefficient (Wildman–Crippen LogP) is 6.15. The first-order valence-corrected chi connectivity index (χ1v) is 10.3. The Balaban J connectivity index is 1.48. The van der Waals surface area contributed by atoms with E-state index in [1.54, 1.807) is 6.20 Å². The van der Waals surface area contributed by atoms with Crippen molar-refractivity contribution in [3.8, 4) is 0 Å². The quantitative estimate of drug-likeness (QED) is 0.297. The summed E-state index contributed by atoms with van der Waals surface area (Å²) in [4.78, 5) is 27.7. The van der Waals surface area contributed by atoms with Crippen LogP contribution in [0.4, 0.5) is 28.9 Å². The maximum atomic E-state index is 13.8. The molecule has 2 amide bonds. The lowest BCUT2D eigenvalue weighted by Gasteiger charge is -2.16. The summed E-state index contributed by atoms with van der Waals surface area (Å²) < 4.78 is 54.8. The molecule has 0 aliphatic rings. The number of amides is 2.